The zero-order valence-corrected chi connectivity index (χ0v) is 14.3. The van der Waals surface area contributed by atoms with Crippen LogP contribution in [0.1, 0.15) is 62.1 Å². The van der Waals surface area contributed by atoms with Gasteiger partial charge in [-0.05, 0) is 66.5 Å². The van der Waals surface area contributed by atoms with Crippen LogP contribution >= 0.6 is 0 Å². The van der Waals surface area contributed by atoms with Crippen LogP contribution in [0.4, 0.5) is 0 Å². The zero-order chi connectivity index (χ0) is 15.7. The fourth-order valence-corrected chi connectivity index (χ4v) is 5.28. The summed E-state index contributed by atoms with van der Waals surface area (Å²) < 4.78 is 2.27. The van der Waals surface area contributed by atoms with Gasteiger partial charge in [0.2, 0.25) is 0 Å². The first-order valence-electron chi connectivity index (χ1n) is 9.38. The van der Waals surface area contributed by atoms with Crippen molar-refractivity contribution in [3.8, 4) is 0 Å². The number of aryl methyl sites for hydroxylation is 1. The minimum Gasteiger partial charge on any atom is -0.337 e. The van der Waals surface area contributed by atoms with Crippen LogP contribution in [-0.2, 0) is 24.8 Å². The average Bonchev–Trinajstić information content (AvgIpc) is 3.06. The smallest absolute Gasteiger partial charge is 0.0945 e. The molecule has 0 bridgehead atoms. The van der Waals surface area contributed by atoms with Crippen LogP contribution in [0.3, 0.4) is 0 Å². The Morgan fingerprint density at radius 3 is 3.04 bits per heavy atom. The Hall–Kier alpha value is -1.57. The standard InChI is InChI=1S/C21H28N2/c1-2-3-9-21-10-5-8-18-6-4-7-19(20(18)21)13-17(14-21)15-23-12-11-22-16-23/h4,6-7,11-12,16-17H,2-3,5,8-10,13-15H2,1H3/t17-,21-/m1/s1. The highest BCUT2D eigenvalue weighted by Gasteiger charge is 2.42. The third-order valence-electron chi connectivity index (χ3n) is 6.09. The van der Waals surface area contributed by atoms with E-state index in [2.05, 4.69) is 40.9 Å². The van der Waals surface area contributed by atoms with Crippen molar-refractivity contribution >= 4 is 0 Å². The van der Waals surface area contributed by atoms with Crippen LogP contribution in [0, 0.1) is 5.92 Å². The Morgan fingerprint density at radius 1 is 1.30 bits per heavy atom. The summed E-state index contributed by atoms with van der Waals surface area (Å²) in [5.41, 5.74) is 5.53. The summed E-state index contributed by atoms with van der Waals surface area (Å²) in [7, 11) is 0. The molecular weight excluding hydrogens is 280 g/mol. The molecule has 4 rings (SSSR count). The van der Waals surface area contributed by atoms with Crippen molar-refractivity contribution < 1.29 is 0 Å². The van der Waals surface area contributed by atoms with Gasteiger partial charge in [-0.2, -0.15) is 0 Å². The van der Waals surface area contributed by atoms with Gasteiger partial charge in [-0.15, -0.1) is 0 Å². The maximum atomic E-state index is 4.23. The molecular formula is C21H28N2. The summed E-state index contributed by atoms with van der Waals surface area (Å²) in [6.45, 7) is 3.45. The largest absolute Gasteiger partial charge is 0.337 e. The predicted molar refractivity (Wildman–Crippen MR) is 94.6 cm³/mol. The molecule has 1 heterocycles. The minimum atomic E-state index is 0.462. The Kier molecular flexibility index (Phi) is 4.00. The van der Waals surface area contributed by atoms with E-state index in [0.29, 0.717) is 5.41 Å². The molecule has 2 atom stereocenters. The fraction of sp³-hybridized carbons (Fsp3) is 0.571. The molecule has 0 N–H and O–H groups in total. The summed E-state index contributed by atoms with van der Waals surface area (Å²) in [5.74, 6) is 0.752. The predicted octanol–water partition coefficient (Wildman–Crippen LogP) is 4.91. The second-order valence-corrected chi connectivity index (χ2v) is 7.72. The van der Waals surface area contributed by atoms with Crippen LogP contribution < -0.4 is 0 Å². The monoisotopic (exact) mass is 308 g/mol. The van der Waals surface area contributed by atoms with Crippen molar-refractivity contribution in [3.05, 3.63) is 53.6 Å². The normalized spacial score (nSPS) is 26.0. The van der Waals surface area contributed by atoms with Crippen molar-refractivity contribution in [2.75, 3.05) is 0 Å². The molecule has 0 spiro atoms. The topological polar surface area (TPSA) is 17.8 Å². The first-order valence-corrected chi connectivity index (χ1v) is 9.38. The van der Waals surface area contributed by atoms with Crippen molar-refractivity contribution in [1.82, 2.24) is 9.55 Å². The highest BCUT2D eigenvalue weighted by Crippen LogP contribution is 2.51. The second-order valence-electron chi connectivity index (χ2n) is 7.72. The Balaban J connectivity index is 1.70. The molecule has 1 aromatic heterocycles. The quantitative estimate of drug-likeness (QED) is 0.767. The number of unbranched alkanes of at least 4 members (excludes halogenated alkanes) is 1. The molecule has 2 aromatic rings. The lowest BCUT2D eigenvalue weighted by Crippen LogP contribution is -2.39. The lowest BCUT2D eigenvalue weighted by atomic mass is 9.58. The lowest BCUT2D eigenvalue weighted by Gasteiger charge is -2.47. The molecule has 122 valence electrons. The molecule has 0 unspecified atom stereocenters. The van der Waals surface area contributed by atoms with Gasteiger partial charge in [0.25, 0.3) is 0 Å². The summed E-state index contributed by atoms with van der Waals surface area (Å²) in [4.78, 5) is 4.23. The summed E-state index contributed by atoms with van der Waals surface area (Å²) >= 11 is 0. The number of nitrogens with zero attached hydrogens (tertiary/aromatic N) is 2. The maximum absolute atomic E-state index is 4.23. The average molecular weight is 308 g/mol. The minimum absolute atomic E-state index is 0.462. The molecule has 1 aromatic carbocycles. The summed E-state index contributed by atoms with van der Waals surface area (Å²) in [5, 5.41) is 0. The van der Waals surface area contributed by atoms with Crippen LogP contribution in [0.15, 0.2) is 36.9 Å². The van der Waals surface area contributed by atoms with Gasteiger partial charge in [0, 0.05) is 18.9 Å². The Morgan fingerprint density at radius 2 is 2.22 bits per heavy atom. The molecule has 0 saturated carbocycles. The molecule has 0 fully saturated rings. The van der Waals surface area contributed by atoms with E-state index in [0.717, 1.165) is 12.5 Å². The number of hydrogen-bond acceptors (Lipinski definition) is 1. The Bertz CT molecular complexity index is 658. The number of hydrogen-bond donors (Lipinski definition) is 0. The number of rotatable bonds is 5. The molecule has 2 aliphatic rings. The Labute approximate surface area is 139 Å². The highest BCUT2D eigenvalue weighted by atomic mass is 15.0. The van der Waals surface area contributed by atoms with Gasteiger partial charge in [0.05, 0.1) is 6.33 Å². The SMILES string of the molecule is CCCC[C@]12CCCc3cccc(c31)C[C@@H](Cn1ccnc1)C2. The van der Waals surface area contributed by atoms with Gasteiger partial charge in [0.1, 0.15) is 0 Å². The zero-order valence-electron chi connectivity index (χ0n) is 14.3. The molecule has 2 nitrogen and oxygen atoms in total. The van der Waals surface area contributed by atoms with Crippen LogP contribution in [-0.4, -0.2) is 9.55 Å². The van der Waals surface area contributed by atoms with Crippen LogP contribution in [0.5, 0.6) is 0 Å². The third kappa shape index (κ3) is 2.73. The molecule has 2 aliphatic carbocycles. The van der Waals surface area contributed by atoms with E-state index in [1.54, 1.807) is 16.7 Å². The number of imidazole rings is 1. The number of aromatic nitrogens is 2. The second kappa shape index (κ2) is 6.14. The molecule has 0 saturated heterocycles. The third-order valence-corrected chi connectivity index (χ3v) is 6.09. The van der Waals surface area contributed by atoms with Gasteiger partial charge < -0.3 is 4.57 Å². The summed E-state index contributed by atoms with van der Waals surface area (Å²) in [6.07, 6.45) is 16.7. The van der Waals surface area contributed by atoms with Crippen molar-refractivity contribution in [1.29, 1.82) is 0 Å². The van der Waals surface area contributed by atoms with E-state index in [-0.39, 0.29) is 0 Å². The first-order chi connectivity index (χ1) is 11.3. The van der Waals surface area contributed by atoms with E-state index in [1.165, 1.54) is 51.4 Å². The van der Waals surface area contributed by atoms with E-state index in [9.17, 15) is 0 Å². The summed E-state index contributed by atoms with van der Waals surface area (Å²) in [6, 6.07) is 7.10. The molecule has 0 radical (unpaired) electrons. The van der Waals surface area contributed by atoms with Crippen molar-refractivity contribution in [2.45, 2.75) is 70.3 Å². The van der Waals surface area contributed by atoms with E-state index in [1.807, 2.05) is 12.5 Å². The van der Waals surface area contributed by atoms with Gasteiger partial charge >= 0.3 is 0 Å². The van der Waals surface area contributed by atoms with Crippen LogP contribution in [0.2, 0.25) is 0 Å². The van der Waals surface area contributed by atoms with Gasteiger partial charge in [-0.3, -0.25) is 0 Å². The molecule has 23 heavy (non-hydrogen) atoms. The number of benzene rings is 1. The lowest BCUT2D eigenvalue weighted by molar-refractivity contribution is 0.215. The molecule has 2 heteroatoms. The van der Waals surface area contributed by atoms with Gasteiger partial charge in [0.15, 0.2) is 0 Å². The molecule has 0 amide bonds. The van der Waals surface area contributed by atoms with E-state index < -0.39 is 0 Å². The first kappa shape index (κ1) is 15.0. The fourth-order valence-electron chi connectivity index (χ4n) is 5.28. The highest BCUT2D eigenvalue weighted by molar-refractivity contribution is 5.45. The van der Waals surface area contributed by atoms with Crippen LogP contribution in [0.25, 0.3) is 0 Å². The maximum Gasteiger partial charge on any atom is 0.0945 e. The van der Waals surface area contributed by atoms with E-state index in [4.69, 9.17) is 0 Å². The van der Waals surface area contributed by atoms with Crippen molar-refractivity contribution in [3.63, 3.8) is 0 Å². The van der Waals surface area contributed by atoms with Gasteiger partial charge in [-0.25, -0.2) is 4.98 Å². The molecule has 0 aliphatic heterocycles. The van der Waals surface area contributed by atoms with Gasteiger partial charge in [-0.1, -0.05) is 38.0 Å². The van der Waals surface area contributed by atoms with Crippen molar-refractivity contribution in [2.24, 2.45) is 5.92 Å². The van der Waals surface area contributed by atoms with E-state index >= 15 is 0 Å².